The molecule has 2 nitrogen and oxygen atoms in total. The smallest absolute Gasteiger partial charge is 0.330 e. The largest absolute Gasteiger partial charge is 0.416 e. The molecule has 1 atom stereocenters. The highest BCUT2D eigenvalue weighted by Gasteiger charge is 2.29. The molecule has 1 aromatic rings. The minimum Gasteiger partial charge on any atom is -0.330 e. The Balaban J connectivity index is 2.65. The van der Waals surface area contributed by atoms with Gasteiger partial charge in [0.2, 0.25) is 0 Å². The molecule has 1 unspecified atom stereocenters. The molecule has 0 saturated carbocycles. The van der Waals surface area contributed by atoms with Crippen LogP contribution in [0.4, 0.5) is 13.2 Å². The van der Waals surface area contributed by atoms with E-state index in [2.05, 4.69) is 11.8 Å². The first-order chi connectivity index (χ1) is 8.86. The van der Waals surface area contributed by atoms with Crippen LogP contribution in [-0.2, 0) is 12.7 Å². The highest BCUT2D eigenvalue weighted by atomic mass is 19.4. The summed E-state index contributed by atoms with van der Waals surface area (Å²) in [6.07, 6.45) is -4.27. The number of rotatable bonds is 6. The summed E-state index contributed by atoms with van der Waals surface area (Å²) in [7, 11) is 0. The zero-order valence-electron chi connectivity index (χ0n) is 11.4. The zero-order chi connectivity index (χ0) is 14.5. The Morgan fingerprint density at radius 2 is 1.79 bits per heavy atom. The van der Waals surface area contributed by atoms with Gasteiger partial charge in [0, 0.05) is 13.1 Å². The number of nitrogens with zero attached hydrogens (tertiary/aromatic N) is 1. The van der Waals surface area contributed by atoms with Crippen LogP contribution in [0.5, 0.6) is 0 Å². The molecule has 0 heterocycles. The Morgan fingerprint density at radius 3 is 2.21 bits per heavy atom. The summed E-state index contributed by atoms with van der Waals surface area (Å²) in [4.78, 5) is 2.18. The van der Waals surface area contributed by atoms with Crippen LogP contribution in [0.2, 0.25) is 0 Å². The summed E-state index contributed by atoms with van der Waals surface area (Å²) in [5.74, 6) is 0.384. The highest BCUT2D eigenvalue weighted by molar-refractivity contribution is 5.24. The van der Waals surface area contributed by atoms with E-state index in [0.29, 0.717) is 19.0 Å². The molecule has 19 heavy (non-hydrogen) atoms. The van der Waals surface area contributed by atoms with Crippen LogP contribution in [0.25, 0.3) is 0 Å². The molecule has 0 aliphatic carbocycles. The van der Waals surface area contributed by atoms with Gasteiger partial charge in [0.05, 0.1) is 5.56 Å². The topological polar surface area (TPSA) is 29.3 Å². The van der Waals surface area contributed by atoms with E-state index < -0.39 is 11.7 Å². The lowest BCUT2D eigenvalue weighted by atomic mass is 10.1. The molecule has 108 valence electrons. The third kappa shape index (κ3) is 5.20. The van der Waals surface area contributed by atoms with Gasteiger partial charge in [-0.25, -0.2) is 0 Å². The minimum absolute atomic E-state index is 0.384. The molecule has 0 spiro atoms. The lowest BCUT2D eigenvalue weighted by Gasteiger charge is -2.23. The first-order valence-corrected chi connectivity index (χ1v) is 6.45. The first kappa shape index (κ1) is 16.0. The number of benzene rings is 1. The van der Waals surface area contributed by atoms with Crippen molar-refractivity contribution < 1.29 is 13.2 Å². The summed E-state index contributed by atoms with van der Waals surface area (Å²) >= 11 is 0. The lowest BCUT2D eigenvalue weighted by Crippen LogP contribution is -2.31. The predicted molar refractivity (Wildman–Crippen MR) is 70.6 cm³/mol. The van der Waals surface area contributed by atoms with Gasteiger partial charge in [0.25, 0.3) is 0 Å². The van der Waals surface area contributed by atoms with Crippen molar-refractivity contribution in [3.63, 3.8) is 0 Å². The molecular weight excluding hydrogens is 253 g/mol. The van der Waals surface area contributed by atoms with Gasteiger partial charge in [-0.15, -0.1) is 0 Å². The molecular formula is C14H21F3N2. The van der Waals surface area contributed by atoms with Crippen LogP contribution < -0.4 is 5.73 Å². The van der Waals surface area contributed by atoms with Gasteiger partial charge in [-0.05, 0) is 36.7 Å². The van der Waals surface area contributed by atoms with E-state index in [1.807, 2.05) is 6.92 Å². The number of nitrogens with two attached hydrogens (primary N) is 1. The second-order valence-electron chi connectivity index (χ2n) is 4.86. The van der Waals surface area contributed by atoms with Gasteiger partial charge in [-0.3, -0.25) is 4.90 Å². The van der Waals surface area contributed by atoms with Crippen molar-refractivity contribution >= 4 is 0 Å². The summed E-state index contributed by atoms with van der Waals surface area (Å²) in [5.41, 5.74) is 5.87. The van der Waals surface area contributed by atoms with E-state index in [0.717, 1.165) is 30.8 Å². The van der Waals surface area contributed by atoms with Gasteiger partial charge < -0.3 is 5.73 Å². The maximum atomic E-state index is 12.4. The van der Waals surface area contributed by atoms with Crippen molar-refractivity contribution in [2.45, 2.75) is 26.6 Å². The van der Waals surface area contributed by atoms with Crippen LogP contribution in [0.1, 0.15) is 25.0 Å². The van der Waals surface area contributed by atoms with Crippen molar-refractivity contribution in [2.75, 3.05) is 19.6 Å². The maximum absolute atomic E-state index is 12.4. The Morgan fingerprint density at radius 1 is 1.21 bits per heavy atom. The molecule has 5 heteroatoms. The fourth-order valence-corrected chi connectivity index (χ4v) is 1.88. The molecule has 0 aliphatic heterocycles. The molecule has 0 bridgehead atoms. The standard InChI is InChI=1S/C14H21F3N2/c1-3-19(9-11(2)8-18)10-12-4-6-13(7-5-12)14(15,16)17/h4-7,11H,3,8-10,18H2,1-2H3. The van der Waals surface area contributed by atoms with Crippen LogP contribution in [0.15, 0.2) is 24.3 Å². The Kier molecular flexibility index (Phi) is 5.82. The summed E-state index contributed by atoms with van der Waals surface area (Å²) < 4.78 is 37.3. The van der Waals surface area contributed by atoms with E-state index in [9.17, 15) is 13.2 Å². The van der Waals surface area contributed by atoms with E-state index in [1.165, 1.54) is 0 Å². The number of alkyl halides is 3. The van der Waals surface area contributed by atoms with Gasteiger partial charge >= 0.3 is 6.18 Å². The van der Waals surface area contributed by atoms with Gasteiger partial charge in [-0.2, -0.15) is 13.2 Å². The predicted octanol–water partition coefficient (Wildman–Crippen LogP) is 3.12. The third-order valence-corrected chi connectivity index (χ3v) is 3.11. The van der Waals surface area contributed by atoms with Gasteiger partial charge in [0.15, 0.2) is 0 Å². The molecule has 0 saturated heterocycles. The SMILES string of the molecule is CCN(Cc1ccc(C(F)(F)F)cc1)CC(C)CN. The molecule has 0 aliphatic rings. The summed E-state index contributed by atoms with van der Waals surface area (Å²) in [6.45, 7) is 7.07. The average Bonchev–Trinajstić information content (AvgIpc) is 2.37. The highest BCUT2D eigenvalue weighted by Crippen LogP contribution is 2.29. The normalized spacial score (nSPS) is 13.8. The number of hydrogen-bond acceptors (Lipinski definition) is 2. The van der Waals surface area contributed by atoms with Crippen LogP contribution in [0, 0.1) is 5.92 Å². The van der Waals surface area contributed by atoms with Crippen LogP contribution in [-0.4, -0.2) is 24.5 Å². The van der Waals surface area contributed by atoms with Crippen molar-refractivity contribution in [2.24, 2.45) is 11.7 Å². The lowest BCUT2D eigenvalue weighted by molar-refractivity contribution is -0.137. The minimum atomic E-state index is -4.27. The summed E-state index contributed by atoms with van der Waals surface area (Å²) in [6, 6.07) is 5.35. The second-order valence-corrected chi connectivity index (χ2v) is 4.86. The Labute approximate surface area is 112 Å². The maximum Gasteiger partial charge on any atom is 0.416 e. The third-order valence-electron chi connectivity index (χ3n) is 3.11. The summed E-state index contributed by atoms with van der Waals surface area (Å²) in [5, 5.41) is 0. The van der Waals surface area contributed by atoms with Gasteiger partial charge in [0.1, 0.15) is 0 Å². The van der Waals surface area contributed by atoms with E-state index in [1.54, 1.807) is 12.1 Å². The molecule has 0 fully saturated rings. The van der Waals surface area contributed by atoms with Crippen molar-refractivity contribution in [3.8, 4) is 0 Å². The molecule has 2 N–H and O–H groups in total. The Hall–Kier alpha value is -1.07. The number of hydrogen-bond donors (Lipinski definition) is 1. The van der Waals surface area contributed by atoms with Crippen molar-refractivity contribution in [3.05, 3.63) is 35.4 Å². The van der Waals surface area contributed by atoms with Crippen LogP contribution >= 0.6 is 0 Å². The van der Waals surface area contributed by atoms with E-state index in [-0.39, 0.29) is 0 Å². The zero-order valence-corrected chi connectivity index (χ0v) is 11.4. The Bertz CT molecular complexity index is 373. The fourth-order valence-electron chi connectivity index (χ4n) is 1.88. The monoisotopic (exact) mass is 274 g/mol. The fraction of sp³-hybridized carbons (Fsp3) is 0.571. The molecule has 1 aromatic carbocycles. The second kappa shape index (κ2) is 6.91. The molecule has 0 aromatic heterocycles. The quantitative estimate of drug-likeness (QED) is 0.863. The number of halogens is 3. The molecule has 0 radical (unpaired) electrons. The van der Waals surface area contributed by atoms with E-state index in [4.69, 9.17) is 5.73 Å². The first-order valence-electron chi connectivity index (χ1n) is 6.45. The van der Waals surface area contributed by atoms with Gasteiger partial charge in [-0.1, -0.05) is 26.0 Å². The van der Waals surface area contributed by atoms with Crippen LogP contribution in [0.3, 0.4) is 0 Å². The van der Waals surface area contributed by atoms with E-state index >= 15 is 0 Å². The average molecular weight is 274 g/mol. The van der Waals surface area contributed by atoms with Crippen molar-refractivity contribution in [1.82, 2.24) is 4.90 Å². The van der Waals surface area contributed by atoms with Crippen molar-refractivity contribution in [1.29, 1.82) is 0 Å². The molecule has 0 amide bonds. The molecule has 1 rings (SSSR count).